The van der Waals surface area contributed by atoms with Crippen LogP contribution in [0.25, 0.3) is 10.4 Å². The van der Waals surface area contributed by atoms with Crippen LogP contribution in [0.3, 0.4) is 0 Å². The molecule has 2 N–H and O–H groups in total. The van der Waals surface area contributed by atoms with Gasteiger partial charge in [-0.25, -0.2) is 0 Å². The van der Waals surface area contributed by atoms with Crippen molar-refractivity contribution < 1.29 is 54.0 Å². The second-order valence-corrected chi connectivity index (χ2v) is 5.28. The number of hydrogen-bond donors (Lipinski definition) is 2. The number of aliphatic hydroxyl groups excluding tert-OH is 1. The van der Waals surface area contributed by atoms with Crippen LogP contribution < -0.4 is 5.32 Å². The van der Waals surface area contributed by atoms with Gasteiger partial charge in [0.15, 0.2) is 0 Å². The van der Waals surface area contributed by atoms with E-state index in [1.165, 1.54) is 5.56 Å². The van der Waals surface area contributed by atoms with Gasteiger partial charge in [-0.3, -0.25) is 4.79 Å². The molecular formula is C17H18AcN4O2. The van der Waals surface area contributed by atoms with Crippen molar-refractivity contribution >= 4 is 11.6 Å². The van der Waals surface area contributed by atoms with Crippen LogP contribution in [0.15, 0.2) is 53.6 Å². The molecule has 6 nitrogen and oxygen atoms in total. The van der Waals surface area contributed by atoms with Crippen molar-refractivity contribution in [3.8, 4) is 0 Å². The van der Waals surface area contributed by atoms with Gasteiger partial charge in [0.05, 0.1) is 12.6 Å². The Morgan fingerprint density at radius 1 is 1.21 bits per heavy atom. The van der Waals surface area contributed by atoms with Gasteiger partial charge in [0.25, 0.3) is 5.91 Å². The van der Waals surface area contributed by atoms with Gasteiger partial charge in [-0.15, -0.1) is 0 Å². The van der Waals surface area contributed by atoms with Gasteiger partial charge >= 0.3 is 0 Å². The average molecular weight is 537 g/mol. The molecule has 121 valence electrons. The Bertz CT molecular complexity index is 710. The molecule has 0 saturated carbocycles. The largest absolute Gasteiger partial charge is 0.394 e. The maximum absolute atomic E-state index is 12.2. The minimum Gasteiger partial charge on any atom is -0.394 e. The predicted molar refractivity (Wildman–Crippen MR) is 88.5 cm³/mol. The van der Waals surface area contributed by atoms with Crippen molar-refractivity contribution in [2.24, 2.45) is 5.11 Å². The molecule has 0 bridgehead atoms. The molecule has 1 atom stereocenters. The van der Waals surface area contributed by atoms with Gasteiger partial charge in [-0.2, -0.15) is 0 Å². The zero-order valence-corrected chi connectivity index (χ0v) is 18.1. The van der Waals surface area contributed by atoms with Crippen molar-refractivity contribution in [3.05, 3.63) is 75.7 Å². The second kappa shape index (κ2) is 10.5. The fourth-order valence-corrected chi connectivity index (χ4v) is 2.17. The normalized spacial score (nSPS) is 10.9. The van der Waals surface area contributed by atoms with Gasteiger partial charge in [-0.05, 0) is 36.6 Å². The molecule has 0 fully saturated rings. The number of aliphatic hydroxyl groups is 1. The second-order valence-electron chi connectivity index (χ2n) is 5.28. The molecule has 0 aliphatic carbocycles. The number of carbonyl (C=O) groups excluding carboxylic acids is 1. The summed E-state index contributed by atoms with van der Waals surface area (Å²) in [5, 5.41) is 15.7. The van der Waals surface area contributed by atoms with Gasteiger partial charge in [0.1, 0.15) is 0 Å². The zero-order chi connectivity index (χ0) is 16.7. The molecule has 0 unspecified atom stereocenters. The van der Waals surface area contributed by atoms with Crippen LogP contribution in [0.1, 0.15) is 21.5 Å². The Kier molecular flexibility index (Phi) is 9.02. The third kappa shape index (κ3) is 6.26. The Labute approximate surface area is 176 Å². The summed E-state index contributed by atoms with van der Waals surface area (Å²) in [6, 6.07) is 13.9. The Morgan fingerprint density at radius 2 is 1.83 bits per heavy atom. The van der Waals surface area contributed by atoms with Crippen LogP contribution in [0.4, 0.5) is 5.69 Å². The van der Waals surface area contributed by atoms with Gasteiger partial charge in [0, 0.05) is 60.2 Å². The van der Waals surface area contributed by atoms with E-state index in [9.17, 15) is 9.90 Å². The number of aryl methyl sites for hydroxylation is 1. The quantitative estimate of drug-likeness (QED) is 0.336. The van der Waals surface area contributed by atoms with Gasteiger partial charge in [-0.1, -0.05) is 47.1 Å². The molecule has 0 aliphatic heterocycles. The first-order valence-electron chi connectivity index (χ1n) is 7.25. The first-order chi connectivity index (χ1) is 11.1. The Morgan fingerprint density at radius 3 is 2.38 bits per heavy atom. The van der Waals surface area contributed by atoms with E-state index in [2.05, 4.69) is 15.3 Å². The van der Waals surface area contributed by atoms with E-state index in [-0.39, 0.29) is 62.6 Å². The van der Waals surface area contributed by atoms with Crippen LogP contribution in [0.5, 0.6) is 0 Å². The predicted octanol–water partition coefficient (Wildman–Crippen LogP) is 3.27. The van der Waals surface area contributed by atoms with Gasteiger partial charge in [0.2, 0.25) is 0 Å². The summed E-state index contributed by atoms with van der Waals surface area (Å²) < 4.78 is 0. The van der Waals surface area contributed by atoms with Crippen molar-refractivity contribution in [2.45, 2.75) is 19.4 Å². The number of nitrogens with one attached hydrogen (secondary N) is 1. The summed E-state index contributed by atoms with van der Waals surface area (Å²) in [5.41, 5.74) is 11.5. The summed E-state index contributed by atoms with van der Waals surface area (Å²) in [7, 11) is 0. The van der Waals surface area contributed by atoms with E-state index in [1.54, 1.807) is 24.3 Å². The molecule has 0 aliphatic rings. The fourth-order valence-electron chi connectivity index (χ4n) is 2.17. The van der Waals surface area contributed by atoms with E-state index in [0.717, 1.165) is 5.56 Å². The van der Waals surface area contributed by atoms with Crippen molar-refractivity contribution in [1.82, 2.24) is 5.32 Å². The van der Waals surface area contributed by atoms with Crippen molar-refractivity contribution in [1.29, 1.82) is 0 Å². The monoisotopic (exact) mass is 537 g/mol. The molecule has 0 aromatic heterocycles. The van der Waals surface area contributed by atoms with Crippen molar-refractivity contribution in [2.75, 3.05) is 6.61 Å². The number of amides is 1. The van der Waals surface area contributed by atoms with E-state index < -0.39 is 0 Å². The maximum atomic E-state index is 12.2. The number of nitrogens with zero attached hydrogens (tertiary/aromatic N) is 3. The molecule has 7 heteroatoms. The minimum absolute atomic E-state index is 0. The molecule has 2 rings (SSSR count). The summed E-state index contributed by atoms with van der Waals surface area (Å²) in [5.74, 6) is -0.274. The van der Waals surface area contributed by atoms with E-state index >= 15 is 0 Å². The van der Waals surface area contributed by atoms with Crippen LogP contribution in [0.2, 0.25) is 0 Å². The molecule has 0 saturated heterocycles. The number of hydrogen-bond acceptors (Lipinski definition) is 3. The summed E-state index contributed by atoms with van der Waals surface area (Å²) in [6.45, 7) is 1.87. The van der Waals surface area contributed by atoms with Crippen LogP contribution in [0, 0.1) is 51.0 Å². The molecule has 0 heterocycles. The van der Waals surface area contributed by atoms with Crippen molar-refractivity contribution in [3.63, 3.8) is 0 Å². The SMILES string of the molecule is Cc1ccc(C[C@@H](CO)NC(=O)c2ccc(N=[N+]=[N-])cc2)cc1.[Ac]. The molecule has 2 aromatic carbocycles. The fraction of sp³-hybridized carbons (Fsp3) is 0.235. The average Bonchev–Trinajstić information content (AvgIpc) is 2.57. The molecule has 1 amide bonds. The Balaban J connectivity index is 0.00000288. The summed E-state index contributed by atoms with van der Waals surface area (Å²) in [6.07, 6.45) is 0.555. The third-order valence-corrected chi connectivity index (χ3v) is 3.45. The standard InChI is InChI=1S/C17H18N4O2.Ac/c1-12-2-4-13(5-3-12)10-16(11-22)19-17(23)14-6-8-15(9-7-14)20-21-18;/h2-9,16,22H,10-11H2,1H3,(H,19,23);/t16-;/m0./s1. The smallest absolute Gasteiger partial charge is 0.251 e. The van der Waals surface area contributed by atoms with Crippen LogP contribution >= 0.6 is 0 Å². The van der Waals surface area contributed by atoms with E-state index in [0.29, 0.717) is 17.7 Å². The minimum atomic E-state index is -0.359. The van der Waals surface area contributed by atoms with Crippen LogP contribution in [-0.4, -0.2) is 23.7 Å². The third-order valence-electron chi connectivity index (χ3n) is 3.45. The Hall–Kier alpha value is -1.38. The van der Waals surface area contributed by atoms with Crippen LogP contribution in [-0.2, 0) is 6.42 Å². The zero-order valence-electron chi connectivity index (χ0n) is 13.4. The molecule has 2 aromatic rings. The number of rotatable bonds is 6. The molecule has 0 spiro atoms. The number of carbonyl (C=O) groups is 1. The van der Waals surface area contributed by atoms with E-state index in [4.69, 9.17) is 5.53 Å². The summed E-state index contributed by atoms with van der Waals surface area (Å²) in [4.78, 5) is 14.9. The first-order valence-corrected chi connectivity index (χ1v) is 7.25. The van der Waals surface area contributed by atoms with E-state index in [1.807, 2.05) is 31.2 Å². The maximum Gasteiger partial charge on any atom is 0.251 e. The van der Waals surface area contributed by atoms with Gasteiger partial charge < -0.3 is 10.4 Å². The number of benzene rings is 2. The topological polar surface area (TPSA) is 98.1 Å². The molecule has 1 radical (unpaired) electrons. The first kappa shape index (κ1) is 20.7. The number of azide groups is 1. The summed E-state index contributed by atoms with van der Waals surface area (Å²) >= 11 is 0. The molecular weight excluding hydrogens is 519 g/mol. The molecule has 24 heavy (non-hydrogen) atoms.